The van der Waals surface area contributed by atoms with Crippen molar-refractivity contribution in [3.8, 4) is 17.2 Å². The van der Waals surface area contributed by atoms with E-state index in [2.05, 4.69) is 20.8 Å². The van der Waals surface area contributed by atoms with Gasteiger partial charge in [0.2, 0.25) is 0 Å². The second-order valence-electron chi connectivity index (χ2n) is 8.19. The summed E-state index contributed by atoms with van der Waals surface area (Å²) in [6.07, 6.45) is 3.27. The Morgan fingerprint density at radius 3 is 2.66 bits per heavy atom. The number of hydrogen-bond acceptors (Lipinski definition) is 5. The van der Waals surface area contributed by atoms with E-state index in [4.69, 9.17) is 9.26 Å². The van der Waals surface area contributed by atoms with Crippen molar-refractivity contribution in [2.24, 2.45) is 0 Å². The molecule has 1 unspecified atom stereocenters. The number of benzene rings is 2. The van der Waals surface area contributed by atoms with E-state index in [-0.39, 0.29) is 12.4 Å². The molecule has 4 aromatic rings. The molecule has 1 atom stereocenters. The fourth-order valence-corrected chi connectivity index (χ4v) is 4.46. The predicted molar refractivity (Wildman–Crippen MR) is 114 cm³/mol. The molecule has 6 nitrogen and oxygen atoms in total. The Hall–Kier alpha value is -3.26. The summed E-state index contributed by atoms with van der Waals surface area (Å²) in [5.74, 6) is -0.307. The van der Waals surface area contributed by atoms with Gasteiger partial charge in [-0.25, -0.2) is 8.78 Å². The Kier molecular flexibility index (Phi) is 5.38. The lowest BCUT2D eigenvalue weighted by Gasteiger charge is -2.19. The van der Waals surface area contributed by atoms with Crippen LogP contribution in [0.2, 0.25) is 0 Å². The molecule has 5 rings (SSSR count). The molecule has 0 amide bonds. The number of aryl methyl sites for hydroxylation is 2. The quantitative estimate of drug-likeness (QED) is 0.476. The summed E-state index contributed by atoms with van der Waals surface area (Å²) in [5, 5.41) is 15.6. The van der Waals surface area contributed by atoms with Crippen molar-refractivity contribution < 1.29 is 23.1 Å². The number of halogens is 2. The molecule has 32 heavy (non-hydrogen) atoms. The van der Waals surface area contributed by atoms with Gasteiger partial charge in [0.05, 0.1) is 6.54 Å². The minimum atomic E-state index is -0.846. The molecular formula is C24H23F2N3O3. The van der Waals surface area contributed by atoms with Crippen LogP contribution in [0.3, 0.4) is 0 Å². The van der Waals surface area contributed by atoms with Gasteiger partial charge in [-0.15, -0.1) is 0 Å². The number of aliphatic hydroxyl groups excluding tert-OH is 1. The molecule has 0 spiro atoms. The van der Waals surface area contributed by atoms with Gasteiger partial charge >= 0.3 is 0 Å². The lowest BCUT2D eigenvalue weighted by molar-refractivity contribution is 0.0924. The molecule has 1 N–H and O–H groups in total. The van der Waals surface area contributed by atoms with E-state index in [1.807, 2.05) is 12.1 Å². The molecule has 0 saturated heterocycles. The van der Waals surface area contributed by atoms with E-state index in [0.717, 1.165) is 60.3 Å². The molecule has 0 fully saturated rings. The zero-order valence-electron chi connectivity index (χ0n) is 17.6. The van der Waals surface area contributed by atoms with E-state index >= 15 is 0 Å². The molecule has 8 heteroatoms. The van der Waals surface area contributed by atoms with Gasteiger partial charge in [0.25, 0.3) is 5.89 Å². The van der Waals surface area contributed by atoms with Crippen LogP contribution >= 0.6 is 0 Å². The first-order valence-electron chi connectivity index (χ1n) is 10.7. The molecule has 0 saturated carbocycles. The van der Waals surface area contributed by atoms with Crippen LogP contribution in [0.1, 0.15) is 29.9 Å². The van der Waals surface area contributed by atoms with Crippen molar-refractivity contribution in [2.75, 3.05) is 6.61 Å². The molecule has 1 aliphatic rings. The summed E-state index contributed by atoms with van der Waals surface area (Å²) in [6, 6.07) is 9.01. The molecule has 0 aliphatic heterocycles. The monoisotopic (exact) mass is 439 g/mol. The summed E-state index contributed by atoms with van der Waals surface area (Å²) in [6.45, 7) is 2.03. The van der Waals surface area contributed by atoms with E-state index in [1.54, 1.807) is 6.92 Å². The van der Waals surface area contributed by atoms with Crippen molar-refractivity contribution in [1.29, 1.82) is 0 Å². The van der Waals surface area contributed by atoms with Crippen LogP contribution in [0.25, 0.3) is 22.4 Å². The van der Waals surface area contributed by atoms with Gasteiger partial charge in [0.1, 0.15) is 30.1 Å². The number of rotatable bonds is 6. The smallest absolute Gasteiger partial charge is 0.257 e. The van der Waals surface area contributed by atoms with Gasteiger partial charge in [-0.3, -0.25) is 0 Å². The molecular weight excluding hydrogens is 416 g/mol. The van der Waals surface area contributed by atoms with Crippen LogP contribution in [0.4, 0.5) is 8.78 Å². The Balaban J connectivity index is 1.42. The third-order valence-corrected chi connectivity index (χ3v) is 5.82. The normalized spacial score (nSPS) is 14.5. The summed E-state index contributed by atoms with van der Waals surface area (Å²) in [4.78, 5) is 4.33. The molecule has 0 bridgehead atoms. The minimum Gasteiger partial charge on any atom is -0.491 e. The van der Waals surface area contributed by atoms with Crippen LogP contribution in [-0.4, -0.2) is 32.5 Å². The zero-order chi connectivity index (χ0) is 22.2. The second kappa shape index (κ2) is 8.35. The van der Waals surface area contributed by atoms with Crippen LogP contribution in [0.5, 0.6) is 5.75 Å². The Morgan fingerprint density at radius 2 is 1.91 bits per heavy atom. The van der Waals surface area contributed by atoms with Crippen molar-refractivity contribution >= 4 is 10.9 Å². The highest BCUT2D eigenvalue weighted by Crippen LogP contribution is 2.35. The number of fused-ring (bicyclic) bond motifs is 3. The Bertz CT molecular complexity index is 1260. The standard InChI is InChI=1S/C24H23F2N3O3/c1-14-27-24(32-28-14)15-6-7-23-21(8-15)20-4-2-3-5-22(20)29(23)12-18(30)13-31-19-10-16(25)9-17(26)11-19/h6-11,18,30H,2-5,12-13H2,1H3. The van der Waals surface area contributed by atoms with Gasteiger partial charge in [-0.05, 0) is 56.4 Å². The average Bonchev–Trinajstić information content (AvgIpc) is 3.33. The number of aliphatic hydroxyl groups is 1. The summed E-state index contributed by atoms with van der Waals surface area (Å²) in [5.41, 5.74) is 4.37. The Morgan fingerprint density at radius 1 is 1.12 bits per heavy atom. The van der Waals surface area contributed by atoms with Gasteiger partial charge < -0.3 is 18.9 Å². The van der Waals surface area contributed by atoms with Crippen LogP contribution in [0.15, 0.2) is 40.9 Å². The fraction of sp³-hybridized carbons (Fsp3) is 0.333. The lowest BCUT2D eigenvalue weighted by Crippen LogP contribution is -2.25. The van der Waals surface area contributed by atoms with Crippen molar-refractivity contribution in [3.63, 3.8) is 0 Å². The molecule has 2 aromatic heterocycles. The average molecular weight is 439 g/mol. The van der Waals surface area contributed by atoms with E-state index in [1.165, 1.54) is 11.3 Å². The van der Waals surface area contributed by atoms with Crippen LogP contribution in [-0.2, 0) is 19.4 Å². The van der Waals surface area contributed by atoms with E-state index in [0.29, 0.717) is 18.3 Å². The largest absolute Gasteiger partial charge is 0.491 e. The van der Waals surface area contributed by atoms with Gasteiger partial charge in [-0.2, -0.15) is 4.98 Å². The maximum atomic E-state index is 13.4. The van der Waals surface area contributed by atoms with Crippen LogP contribution < -0.4 is 4.74 Å². The SMILES string of the molecule is Cc1noc(-c2ccc3c(c2)c2c(n3CC(O)COc3cc(F)cc(F)c3)CCCC2)n1. The lowest BCUT2D eigenvalue weighted by atomic mass is 9.95. The fourth-order valence-electron chi connectivity index (χ4n) is 4.46. The van der Waals surface area contributed by atoms with E-state index in [9.17, 15) is 13.9 Å². The molecule has 0 radical (unpaired) electrons. The second-order valence-corrected chi connectivity index (χ2v) is 8.19. The minimum absolute atomic E-state index is 0.0560. The van der Waals surface area contributed by atoms with Gasteiger partial charge in [0.15, 0.2) is 5.82 Å². The highest BCUT2D eigenvalue weighted by molar-refractivity contribution is 5.89. The first-order valence-corrected chi connectivity index (χ1v) is 10.7. The maximum absolute atomic E-state index is 13.4. The summed E-state index contributed by atoms with van der Waals surface area (Å²) < 4.78 is 39.7. The zero-order valence-corrected chi connectivity index (χ0v) is 17.6. The van der Waals surface area contributed by atoms with Crippen molar-refractivity contribution in [3.05, 3.63) is 65.1 Å². The topological polar surface area (TPSA) is 73.3 Å². The Labute approximate surface area is 183 Å². The number of ether oxygens (including phenoxy) is 1. The summed E-state index contributed by atoms with van der Waals surface area (Å²) >= 11 is 0. The third-order valence-electron chi connectivity index (χ3n) is 5.82. The van der Waals surface area contributed by atoms with E-state index < -0.39 is 17.7 Å². The molecule has 2 aromatic carbocycles. The third kappa shape index (κ3) is 3.98. The van der Waals surface area contributed by atoms with Crippen molar-refractivity contribution in [1.82, 2.24) is 14.7 Å². The first kappa shape index (κ1) is 20.6. The van der Waals surface area contributed by atoms with Gasteiger partial charge in [-0.1, -0.05) is 5.16 Å². The molecule has 2 heterocycles. The highest BCUT2D eigenvalue weighted by atomic mass is 19.1. The van der Waals surface area contributed by atoms with Gasteiger partial charge in [0, 0.05) is 40.4 Å². The number of nitrogens with zero attached hydrogens (tertiary/aromatic N) is 3. The van der Waals surface area contributed by atoms with Crippen LogP contribution in [0, 0.1) is 18.6 Å². The molecule has 1 aliphatic carbocycles. The highest BCUT2D eigenvalue weighted by Gasteiger charge is 2.22. The predicted octanol–water partition coefficient (Wildman–Crippen LogP) is 4.60. The maximum Gasteiger partial charge on any atom is 0.257 e. The first-order chi connectivity index (χ1) is 15.5. The molecule has 166 valence electrons. The number of hydrogen-bond donors (Lipinski definition) is 1. The van der Waals surface area contributed by atoms with Crippen molar-refractivity contribution in [2.45, 2.75) is 45.3 Å². The number of aromatic nitrogens is 3. The summed E-state index contributed by atoms with van der Waals surface area (Å²) in [7, 11) is 0.